The standard InChI is InChI=1S/C25H25NO5/c1-4-31-25(29)22(24(28)18-12-14-19(30-3)15-13-18)23(26-16(2)27)21-11-7-9-17-8-5-6-10-20(17)21/h5-15,22-23H,4H2,1-3H3,(H,26,27). The Morgan fingerprint density at radius 2 is 1.61 bits per heavy atom. The number of benzene rings is 3. The number of esters is 1. The highest BCUT2D eigenvalue weighted by Crippen LogP contribution is 2.32. The molecule has 3 aromatic rings. The summed E-state index contributed by atoms with van der Waals surface area (Å²) in [5.41, 5.74) is 1.00. The molecule has 0 spiro atoms. The molecule has 2 unspecified atom stereocenters. The van der Waals surface area contributed by atoms with Crippen LogP contribution in [0.5, 0.6) is 5.75 Å². The Morgan fingerprint density at radius 3 is 2.26 bits per heavy atom. The number of Topliss-reactive ketones (excluding diaryl/α,β-unsaturated/α-hetero) is 1. The summed E-state index contributed by atoms with van der Waals surface area (Å²) in [4.78, 5) is 38.6. The van der Waals surface area contributed by atoms with E-state index in [4.69, 9.17) is 9.47 Å². The molecule has 0 fully saturated rings. The van der Waals surface area contributed by atoms with Crippen molar-refractivity contribution < 1.29 is 23.9 Å². The van der Waals surface area contributed by atoms with Crippen molar-refractivity contribution in [3.8, 4) is 5.75 Å². The summed E-state index contributed by atoms with van der Waals surface area (Å²) < 4.78 is 10.4. The topological polar surface area (TPSA) is 81.7 Å². The molecule has 1 N–H and O–H groups in total. The minimum absolute atomic E-state index is 0.119. The minimum atomic E-state index is -1.25. The molecule has 1 amide bonds. The lowest BCUT2D eigenvalue weighted by Crippen LogP contribution is -2.41. The van der Waals surface area contributed by atoms with Crippen molar-refractivity contribution in [3.05, 3.63) is 77.9 Å². The van der Waals surface area contributed by atoms with Crippen molar-refractivity contribution in [2.45, 2.75) is 19.9 Å². The number of ether oxygens (including phenoxy) is 2. The van der Waals surface area contributed by atoms with Gasteiger partial charge in [-0.05, 0) is 47.5 Å². The molecule has 0 radical (unpaired) electrons. The lowest BCUT2D eigenvalue weighted by atomic mass is 9.84. The van der Waals surface area contributed by atoms with Gasteiger partial charge in [-0.2, -0.15) is 0 Å². The normalized spacial score (nSPS) is 12.6. The second-order valence-electron chi connectivity index (χ2n) is 7.07. The molecule has 0 aliphatic carbocycles. The van der Waals surface area contributed by atoms with Crippen molar-refractivity contribution in [2.24, 2.45) is 5.92 Å². The molecule has 3 aromatic carbocycles. The van der Waals surface area contributed by atoms with Crippen LogP contribution in [0.25, 0.3) is 10.8 Å². The van der Waals surface area contributed by atoms with Crippen LogP contribution < -0.4 is 10.1 Å². The zero-order valence-electron chi connectivity index (χ0n) is 17.8. The number of nitrogens with one attached hydrogen (secondary N) is 1. The zero-order valence-corrected chi connectivity index (χ0v) is 17.8. The van der Waals surface area contributed by atoms with E-state index in [2.05, 4.69) is 5.32 Å². The van der Waals surface area contributed by atoms with Crippen molar-refractivity contribution in [2.75, 3.05) is 13.7 Å². The average molecular weight is 419 g/mol. The molecule has 6 nitrogen and oxygen atoms in total. The van der Waals surface area contributed by atoms with Crippen LogP contribution in [0, 0.1) is 5.92 Å². The van der Waals surface area contributed by atoms with E-state index in [1.807, 2.05) is 42.5 Å². The van der Waals surface area contributed by atoms with Crippen LogP contribution >= 0.6 is 0 Å². The first-order valence-corrected chi connectivity index (χ1v) is 10.1. The van der Waals surface area contributed by atoms with Gasteiger partial charge in [0.2, 0.25) is 5.91 Å². The van der Waals surface area contributed by atoms with Crippen molar-refractivity contribution >= 4 is 28.4 Å². The number of fused-ring (bicyclic) bond motifs is 1. The molecular formula is C25H25NO5. The summed E-state index contributed by atoms with van der Waals surface area (Å²) in [5, 5.41) is 4.60. The number of methoxy groups -OCH3 is 1. The quantitative estimate of drug-likeness (QED) is 0.338. The predicted octanol–water partition coefficient (Wildman–Crippen LogP) is 4.09. The van der Waals surface area contributed by atoms with Gasteiger partial charge in [0.15, 0.2) is 5.78 Å². The van der Waals surface area contributed by atoms with Crippen LogP contribution in [0.3, 0.4) is 0 Å². The predicted molar refractivity (Wildman–Crippen MR) is 118 cm³/mol. The van der Waals surface area contributed by atoms with Gasteiger partial charge < -0.3 is 14.8 Å². The molecule has 0 heterocycles. The van der Waals surface area contributed by atoms with Crippen molar-refractivity contribution in [3.63, 3.8) is 0 Å². The number of amides is 1. The monoisotopic (exact) mass is 419 g/mol. The smallest absolute Gasteiger partial charge is 0.319 e. The molecule has 0 saturated carbocycles. The summed E-state index contributed by atoms with van der Waals surface area (Å²) in [6, 6.07) is 18.8. The Bertz CT molecular complexity index is 1090. The highest BCUT2D eigenvalue weighted by Gasteiger charge is 2.39. The maximum Gasteiger partial charge on any atom is 0.319 e. The lowest BCUT2D eigenvalue weighted by Gasteiger charge is -2.27. The third-order valence-electron chi connectivity index (χ3n) is 5.05. The fourth-order valence-corrected chi connectivity index (χ4v) is 3.64. The van der Waals surface area contributed by atoms with E-state index >= 15 is 0 Å². The van der Waals surface area contributed by atoms with Gasteiger partial charge in [0, 0.05) is 12.5 Å². The molecule has 0 saturated heterocycles. The van der Waals surface area contributed by atoms with Crippen LogP contribution in [0.15, 0.2) is 66.7 Å². The van der Waals surface area contributed by atoms with Gasteiger partial charge in [0.05, 0.1) is 19.8 Å². The molecule has 0 aliphatic rings. The van der Waals surface area contributed by atoms with Crippen LogP contribution in [-0.2, 0) is 14.3 Å². The molecular weight excluding hydrogens is 394 g/mol. The molecule has 0 aliphatic heterocycles. The van der Waals surface area contributed by atoms with Gasteiger partial charge in [-0.25, -0.2) is 0 Å². The molecule has 3 rings (SSSR count). The van der Waals surface area contributed by atoms with E-state index in [-0.39, 0.29) is 12.5 Å². The van der Waals surface area contributed by atoms with Gasteiger partial charge in [-0.15, -0.1) is 0 Å². The van der Waals surface area contributed by atoms with Crippen LogP contribution in [0.1, 0.15) is 35.8 Å². The van der Waals surface area contributed by atoms with Crippen molar-refractivity contribution in [1.29, 1.82) is 0 Å². The second kappa shape index (κ2) is 9.89. The van der Waals surface area contributed by atoms with Gasteiger partial charge in [-0.1, -0.05) is 42.5 Å². The first-order chi connectivity index (χ1) is 15.0. The highest BCUT2D eigenvalue weighted by molar-refractivity contribution is 6.10. The first-order valence-electron chi connectivity index (χ1n) is 10.1. The van der Waals surface area contributed by atoms with Gasteiger partial charge in [-0.3, -0.25) is 14.4 Å². The number of ketones is 1. The maximum atomic E-state index is 13.5. The van der Waals surface area contributed by atoms with Crippen LogP contribution in [0.2, 0.25) is 0 Å². The fourth-order valence-electron chi connectivity index (χ4n) is 3.64. The zero-order chi connectivity index (χ0) is 22.4. The molecule has 31 heavy (non-hydrogen) atoms. The Morgan fingerprint density at radius 1 is 0.935 bits per heavy atom. The Hall–Kier alpha value is -3.67. The van der Waals surface area contributed by atoms with Gasteiger partial charge >= 0.3 is 5.97 Å². The van der Waals surface area contributed by atoms with E-state index in [0.717, 1.165) is 10.8 Å². The third kappa shape index (κ3) is 4.91. The number of hydrogen-bond acceptors (Lipinski definition) is 5. The summed E-state index contributed by atoms with van der Waals surface area (Å²) >= 11 is 0. The van der Waals surface area contributed by atoms with Gasteiger partial charge in [0.1, 0.15) is 11.7 Å². The fraction of sp³-hybridized carbons (Fsp3) is 0.240. The molecule has 2 atom stereocenters. The second-order valence-corrected chi connectivity index (χ2v) is 7.07. The average Bonchev–Trinajstić information content (AvgIpc) is 2.78. The van der Waals surface area contributed by atoms with E-state index in [1.165, 1.54) is 14.0 Å². The molecule has 160 valence electrons. The molecule has 6 heteroatoms. The number of carbonyl (C=O) groups excluding carboxylic acids is 3. The lowest BCUT2D eigenvalue weighted by molar-refractivity contribution is -0.147. The third-order valence-corrected chi connectivity index (χ3v) is 5.05. The van der Waals surface area contributed by atoms with E-state index < -0.39 is 23.7 Å². The highest BCUT2D eigenvalue weighted by atomic mass is 16.5. The van der Waals surface area contributed by atoms with E-state index in [0.29, 0.717) is 16.9 Å². The first kappa shape index (κ1) is 22.0. The summed E-state index contributed by atoms with van der Waals surface area (Å²) in [6.07, 6.45) is 0. The molecule has 0 bridgehead atoms. The largest absolute Gasteiger partial charge is 0.497 e. The van der Waals surface area contributed by atoms with Crippen molar-refractivity contribution in [1.82, 2.24) is 5.32 Å². The summed E-state index contributed by atoms with van der Waals surface area (Å²) in [7, 11) is 1.53. The van der Waals surface area contributed by atoms with E-state index in [1.54, 1.807) is 31.2 Å². The van der Waals surface area contributed by atoms with E-state index in [9.17, 15) is 14.4 Å². The number of carbonyl (C=O) groups is 3. The summed E-state index contributed by atoms with van der Waals surface area (Å²) in [5.74, 6) is -2.13. The van der Waals surface area contributed by atoms with Gasteiger partial charge in [0.25, 0.3) is 0 Å². The Balaban J connectivity index is 2.14. The Kier molecular flexibility index (Phi) is 7.03. The summed E-state index contributed by atoms with van der Waals surface area (Å²) in [6.45, 7) is 3.16. The van der Waals surface area contributed by atoms with Crippen LogP contribution in [-0.4, -0.2) is 31.4 Å². The minimum Gasteiger partial charge on any atom is -0.497 e. The Labute approximate surface area is 181 Å². The molecule has 0 aromatic heterocycles. The number of hydrogen-bond donors (Lipinski definition) is 1. The number of rotatable bonds is 8. The SMILES string of the molecule is CCOC(=O)C(C(=O)c1ccc(OC)cc1)C(NC(C)=O)c1cccc2ccccc12. The van der Waals surface area contributed by atoms with Crippen LogP contribution in [0.4, 0.5) is 0 Å². The maximum absolute atomic E-state index is 13.5.